The largest absolute Gasteiger partial charge is 0.508 e. The van der Waals surface area contributed by atoms with Gasteiger partial charge in [-0.25, -0.2) is 0 Å². The minimum absolute atomic E-state index is 0.230. The highest BCUT2D eigenvalue weighted by Crippen LogP contribution is 2.27. The predicted molar refractivity (Wildman–Crippen MR) is 80.4 cm³/mol. The molecule has 3 nitrogen and oxygen atoms in total. The number of aromatic nitrogens is 1. The fraction of sp³-hybridized carbons (Fsp3) is 0.125. The van der Waals surface area contributed by atoms with Gasteiger partial charge in [0.15, 0.2) is 0 Å². The van der Waals surface area contributed by atoms with E-state index in [2.05, 4.69) is 4.57 Å². The van der Waals surface area contributed by atoms with Crippen LogP contribution in [0.4, 0.5) is 0 Å². The maximum absolute atomic E-state index is 9.24. The van der Waals surface area contributed by atoms with Crippen LogP contribution in [0.1, 0.15) is 5.69 Å². The summed E-state index contributed by atoms with van der Waals surface area (Å²) in [6, 6.07) is 14.6. The van der Waals surface area contributed by atoms with Crippen LogP contribution in [0, 0.1) is 0 Å². The molecule has 4 heteroatoms. The van der Waals surface area contributed by atoms with Gasteiger partial charge in [-0.05, 0) is 42.5 Å². The van der Waals surface area contributed by atoms with Crippen LogP contribution in [0.3, 0.4) is 0 Å². The van der Waals surface area contributed by atoms with Gasteiger partial charge in [0, 0.05) is 23.0 Å². The zero-order chi connectivity index (χ0) is 14.1. The Hall–Kier alpha value is -2.13. The summed E-state index contributed by atoms with van der Waals surface area (Å²) in [5, 5.41) is 11.0. The molecule has 1 aromatic heterocycles. The Balaban J connectivity index is 1.86. The molecule has 102 valence electrons. The lowest BCUT2D eigenvalue weighted by molar-refractivity contribution is 0.297. The molecule has 1 N–H and O–H groups in total. The second-order valence-corrected chi connectivity index (χ2v) is 5.06. The minimum Gasteiger partial charge on any atom is -0.508 e. The second kappa shape index (κ2) is 5.10. The number of hydrogen-bond donors (Lipinski definition) is 1. The highest BCUT2D eigenvalue weighted by Gasteiger charge is 2.08. The monoisotopic (exact) mass is 287 g/mol. The van der Waals surface area contributed by atoms with Gasteiger partial charge in [0.25, 0.3) is 0 Å². The topological polar surface area (TPSA) is 34.4 Å². The van der Waals surface area contributed by atoms with E-state index >= 15 is 0 Å². The van der Waals surface area contributed by atoms with Crippen molar-refractivity contribution < 1.29 is 9.84 Å². The fourth-order valence-electron chi connectivity index (χ4n) is 2.22. The van der Waals surface area contributed by atoms with E-state index in [1.807, 2.05) is 31.3 Å². The molecule has 0 radical (unpaired) electrons. The van der Waals surface area contributed by atoms with Crippen molar-refractivity contribution in [2.45, 2.75) is 6.61 Å². The molecule has 0 saturated carbocycles. The van der Waals surface area contributed by atoms with Crippen LogP contribution in [0.25, 0.3) is 10.9 Å². The summed E-state index contributed by atoms with van der Waals surface area (Å²) in [6.07, 6.45) is 0. The second-order valence-electron chi connectivity index (χ2n) is 4.65. The Morgan fingerprint density at radius 1 is 1.15 bits per heavy atom. The molecule has 3 rings (SSSR count). The molecular formula is C16H14ClNO2. The number of phenolic OH excluding ortho intramolecular Hbond substituents is 1. The molecule has 0 saturated heterocycles. The first kappa shape index (κ1) is 12.9. The zero-order valence-electron chi connectivity index (χ0n) is 11.0. The first-order chi connectivity index (χ1) is 9.65. The summed E-state index contributed by atoms with van der Waals surface area (Å²) in [5.41, 5.74) is 2.13. The van der Waals surface area contributed by atoms with E-state index in [1.54, 1.807) is 24.3 Å². The quantitative estimate of drug-likeness (QED) is 0.786. The molecule has 0 atom stereocenters. The number of benzene rings is 2. The number of rotatable bonds is 3. The summed E-state index contributed by atoms with van der Waals surface area (Å²) in [4.78, 5) is 0. The minimum atomic E-state index is 0.230. The Morgan fingerprint density at radius 3 is 2.60 bits per heavy atom. The maximum atomic E-state index is 9.24. The predicted octanol–water partition coefficient (Wildman–Crippen LogP) is 4.12. The van der Waals surface area contributed by atoms with Crippen molar-refractivity contribution in [2.24, 2.45) is 7.05 Å². The molecular weight excluding hydrogens is 274 g/mol. The summed E-state index contributed by atoms with van der Waals surface area (Å²) in [6.45, 7) is 0.451. The number of nitrogens with zero attached hydrogens (tertiary/aromatic N) is 1. The summed E-state index contributed by atoms with van der Waals surface area (Å²) in [7, 11) is 1.99. The van der Waals surface area contributed by atoms with E-state index < -0.39 is 0 Å². The normalized spacial score (nSPS) is 10.9. The van der Waals surface area contributed by atoms with E-state index in [4.69, 9.17) is 16.3 Å². The van der Waals surface area contributed by atoms with Gasteiger partial charge >= 0.3 is 0 Å². The van der Waals surface area contributed by atoms with Crippen LogP contribution in [0.15, 0.2) is 48.5 Å². The molecule has 0 amide bonds. The number of fused-ring (bicyclic) bond motifs is 1. The van der Waals surface area contributed by atoms with Gasteiger partial charge in [-0.2, -0.15) is 0 Å². The van der Waals surface area contributed by atoms with Crippen molar-refractivity contribution in [1.82, 2.24) is 4.57 Å². The van der Waals surface area contributed by atoms with Crippen LogP contribution in [0.5, 0.6) is 11.5 Å². The smallest absolute Gasteiger partial charge is 0.128 e. The van der Waals surface area contributed by atoms with Crippen molar-refractivity contribution in [1.29, 1.82) is 0 Å². The van der Waals surface area contributed by atoms with E-state index in [-0.39, 0.29) is 5.75 Å². The van der Waals surface area contributed by atoms with Gasteiger partial charge < -0.3 is 14.4 Å². The number of aromatic hydroxyl groups is 1. The van der Waals surface area contributed by atoms with Crippen molar-refractivity contribution >= 4 is 22.5 Å². The fourth-order valence-corrected chi connectivity index (χ4v) is 2.44. The van der Waals surface area contributed by atoms with Gasteiger partial charge in [0.1, 0.15) is 18.1 Å². The third-order valence-corrected chi connectivity index (χ3v) is 3.69. The summed E-state index contributed by atoms with van der Waals surface area (Å²) >= 11 is 6.20. The van der Waals surface area contributed by atoms with Crippen LogP contribution in [0.2, 0.25) is 5.02 Å². The van der Waals surface area contributed by atoms with Crippen molar-refractivity contribution in [2.75, 3.05) is 0 Å². The molecule has 0 bridgehead atoms. The van der Waals surface area contributed by atoms with Crippen LogP contribution >= 0.6 is 11.6 Å². The molecule has 0 fully saturated rings. The zero-order valence-corrected chi connectivity index (χ0v) is 11.8. The number of ether oxygens (including phenoxy) is 1. The molecule has 2 aromatic carbocycles. The molecule has 0 aliphatic rings. The highest BCUT2D eigenvalue weighted by molar-refractivity contribution is 6.35. The number of phenols is 1. The standard InChI is InChI=1S/C16H14ClNO2/c1-18-11(9-14-15(17)3-2-4-16(14)18)10-20-13-7-5-12(19)6-8-13/h2-9,19H,10H2,1H3. The third kappa shape index (κ3) is 2.32. The molecule has 0 aliphatic heterocycles. The lowest BCUT2D eigenvalue weighted by atomic mass is 10.2. The van der Waals surface area contributed by atoms with Gasteiger partial charge in [-0.3, -0.25) is 0 Å². The number of hydrogen-bond acceptors (Lipinski definition) is 2. The Bertz CT molecular complexity index is 747. The van der Waals surface area contributed by atoms with Crippen LogP contribution in [-0.2, 0) is 13.7 Å². The molecule has 0 unspecified atom stereocenters. The van der Waals surface area contributed by atoms with Crippen LogP contribution < -0.4 is 4.74 Å². The van der Waals surface area contributed by atoms with E-state index in [0.717, 1.165) is 27.4 Å². The summed E-state index contributed by atoms with van der Waals surface area (Å²) in [5.74, 6) is 0.952. The van der Waals surface area contributed by atoms with Crippen molar-refractivity contribution in [3.8, 4) is 11.5 Å². The first-order valence-corrected chi connectivity index (χ1v) is 6.67. The SMILES string of the molecule is Cn1c(COc2ccc(O)cc2)cc2c(Cl)cccc21. The van der Waals surface area contributed by atoms with Crippen LogP contribution in [-0.4, -0.2) is 9.67 Å². The first-order valence-electron chi connectivity index (χ1n) is 6.30. The van der Waals surface area contributed by atoms with Crippen molar-refractivity contribution in [3.05, 3.63) is 59.2 Å². The average molecular weight is 288 g/mol. The van der Waals surface area contributed by atoms with Gasteiger partial charge in [-0.15, -0.1) is 0 Å². The lowest BCUT2D eigenvalue weighted by Crippen LogP contribution is -2.01. The van der Waals surface area contributed by atoms with E-state index in [1.165, 1.54) is 0 Å². The molecule has 3 aromatic rings. The van der Waals surface area contributed by atoms with Gasteiger partial charge in [-0.1, -0.05) is 17.7 Å². The Kier molecular flexibility index (Phi) is 3.28. The number of halogens is 1. The molecule has 0 spiro atoms. The Labute approximate surface area is 122 Å². The average Bonchev–Trinajstić information content (AvgIpc) is 2.77. The van der Waals surface area contributed by atoms with Gasteiger partial charge in [0.05, 0.1) is 5.69 Å². The van der Waals surface area contributed by atoms with Gasteiger partial charge in [0.2, 0.25) is 0 Å². The molecule has 1 heterocycles. The highest BCUT2D eigenvalue weighted by atomic mass is 35.5. The van der Waals surface area contributed by atoms with E-state index in [9.17, 15) is 5.11 Å². The Morgan fingerprint density at radius 2 is 1.90 bits per heavy atom. The third-order valence-electron chi connectivity index (χ3n) is 3.36. The van der Waals surface area contributed by atoms with Crippen molar-refractivity contribution in [3.63, 3.8) is 0 Å². The molecule has 20 heavy (non-hydrogen) atoms. The lowest BCUT2D eigenvalue weighted by Gasteiger charge is -2.07. The summed E-state index contributed by atoms with van der Waals surface area (Å²) < 4.78 is 7.79. The number of aryl methyl sites for hydroxylation is 1. The van der Waals surface area contributed by atoms with E-state index in [0.29, 0.717) is 6.61 Å². The molecule has 0 aliphatic carbocycles. The maximum Gasteiger partial charge on any atom is 0.128 e.